The number of allylic oxidation sites excluding steroid dienone is 2. The summed E-state index contributed by atoms with van der Waals surface area (Å²) in [6.07, 6.45) is 5.17. The standard InChI is InChI=1S/C10H15NO/c1-3-5-8-7(4-2)10(12)6-9(8)11/h3,5,9H,4,6,11H2,1-2H3/b5-3-. The van der Waals surface area contributed by atoms with Gasteiger partial charge in [0, 0.05) is 12.5 Å². The number of nitrogens with two attached hydrogens (primary N) is 1. The topological polar surface area (TPSA) is 43.1 Å². The lowest BCUT2D eigenvalue weighted by molar-refractivity contribution is -0.115. The number of carbonyl (C=O) groups excluding carboxylic acids is 1. The molecule has 0 aromatic carbocycles. The van der Waals surface area contributed by atoms with Crippen LogP contribution in [-0.4, -0.2) is 11.8 Å². The summed E-state index contributed by atoms with van der Waals surface area (Å²) in [6, 6.07) is -0.0661. The molecule has 0 heterocycles. The van der Waals surface area contributed by atoms with E-state index in [9.17, 15) is 4.79 Å². The Morgan fingerprint density at radius 2 is 2.33 bits per heavy atom. The first-order valence-electron chi connectivity index (χ1n) is 4.35. The van der Waals surface area contributed by atoms with Crippen molar-refractivity contribution in [1.29, 1.82) is 0 Å². The number of Topliss-reactive ketones (excluding diaryl/α,β-unsaturated/α-hetero) is 1. The molecule has 1 aliphatic rings. The van der Waals surface area contributed by atoms with E-state index >= 15 is 0 Å². The Labute approximate surface area is 73.1 Å². The minimum Gasteiger partial charge on any atom is -0.324 e. The van der Waals surface area contributed by atoms with Gasteiger partial charge in [0.15, 0.2) is 5.78 Å². The van der Waals surface area contributed by atoms with E-state index in [2.05, 4.69) is 0 Å². The second-order valence-electron chi connectivity index (χ2n) is 3.02. The highest BCUT2D eigenvalue weighted by molar-refractivity contribution is 6.00. The summed E-state index contributed by atoms with van der Waals surface area (Å²) in [6.45, 7) is 3.94. The zero-order valence-corrected chi connectivity index (χ0v) is 7.63. The monoisotopic (exact) mass is 165 g/mol. The van der Waals surface area contributed by atoms with Crippen LogP contribution in [0.15, 0.2) is 23.3 Å². The van der Waals surface area contributed by atoms with Gasteiger partial charge in [0.1, 0.15) is 0 Å². The fourth-order valence-corrected chi connectivity index (χ4v) is 1.62. The van der Waals surface area contributed by atoms with Gasteiger partial charge in [0.2, 0.25) is 0 Å². The van der Waals surface area contributed by atoms with Crippen molar-refractivity contribution in [2.45, 2.75) is 32.7 Å². The van der Waals surface area contributed by atoms with Crippen LogP contribution in [0, 0.1) is 0 Å². The van der Waals surface area contributed by atoms with E-state index < -0.39 is 0 Å². The highest BCUT2D eigenvalue weighted by Gasteiger charge is 2.26. The Kier molecular flexibility index (Phi) is 2.82. The van der Waals surface area contributed by atoms with E-state index in [4.69, 9.17) is 5.73 Å². The maximum absolute atomic E-state index is 11.3. The van der Waals surface area contributed by atoms with Crippen molar-refractivity contribution in [3.63, 3.8) is 0 Å². The zero-order valence-electron chi connectivity index (χ0n) is 7.63. The number of rotatable bonds is 2. The SMILES string of the molecule is C/C=C\C1=C(CC)C(=O)CC1N. The molecule has 0 saturated carbocycles. The number of hydrogen-bond donors (Lipinski definition) is 1. The van der Waals surface area contributed by atoms with Gasteiger partial charge in [-0.25, -0.2) is 0 Å². The van der Waals surface area contributed by atoms with Crippen molar-refractivity contribution in [3.05, 3.63) is 23.3 Å². The molecule has 0 spiro atoms. The van der Waals surface area contributed by atoms with Gasteiger partial charge in [-0.15, -0.1) is 0 Å². The van der Waals surface area contributed by atoms with Crippen LogP contribution in [0.5, 0.6) is 0 Å². The fraction of sp³-hybridized carbons (Fsp3) is 0.500. The predicted octanol–water partition coefficient (Wildman–Crippen LogP) is 1.57. The highest BCUT2D eigenvalue weighted by atomic mass is 16.1. The summed E-state index contributed by atoms with van der Waals surface area (Å²) >= 11 is 0. The van der Waals surface area contributed by atoms with Gasteiger partial charge < -0.3 is 5.73 Å². The van der Waals surface area contributed by atoms with Gasteiger partial charge in [-0.3, -0.25) is 4.79 Å². The molecule has 2 heteroatoms. The summed E-state index contributed by atoms with van der Waals surface area (Å²) in [7, 11) is 0. The molecule has 1 unspecified atom stereocenters. The Balaban J connectivity index is 3.00. The van der Waals surface area contributed by atoms with Crippen LogP contribution in [0.2, 0.25) is 0 Å². The summed E-state index contributed by atoms with van der Waals surface area (Å²) < 4.78 is 0. The zero-order chi connectivity index (χ0) is 9.14. The van der Waals surface area contributed by atoms with E-state index in [0.717, 1.165) is 17.6 Å². The Morgan fingerprint density at radius 1 is 1.67 bits per heavy atom. The third-order valence-electron chi connectivity index (χ3n) is 2.19. The molecule has 1 aliphatic carbocycles. The first kappa shape index (κ1) is 9.20. The van der Waals surface area contributed by atoms with Gasteiger partial charge in [-0.05, 0) is 24.5 Å². The molecule has 2 nitrogen and oxygen atoms in total. The van der Waals surface area contributed by atoms with Crippen LogP contribution in [0.1, 0.15) is 26.7 Å². The van der Waals surface area contributed by atoms with Crippen molar-refractivity contribution in [3.8, 4) is 0 Å². The summed E-state index contributed by atoms with van der Waals surface area (Å²) in [5, 5.41) is 0. The summed E-state index contributed by atoms with van der Waals surface area (Å²) in [5.41, 5.74) is 7.74. The third kappa shape index (κ3) is 1.48. The minimum atomic E-state index is -0.0661. The molecule has 0 bridgehead atoms. The molecule has 1 rings (SSSR count). The molecule has 0 amide bonds. The average Bonchev–Trinajstić information content (AvgIpc) is 2.28. The number of carbonyl (C=O) groups is 1. The van der Waals surface area contributed by atoms with E-state index in [1.54, 1.807) is 0 Å². The molecule has 1 atom stereocenters. The predicted molar refractivity (Wildman–Crippen MR) is 49.7 cm³/mol. The quantitative estimate of drug-likeness (QED) is 0.675. The first-order valence-corrected chi connectivity index (χ1v) is 4.35. The molecule has 0 radical (unpaired) electrons. The lowest BCUT2D eigenvalue weighted by Gasteiger charge is -2.02. The largest absolute Gasteiger partial charge is 0.324 e. The van der Waals surface area contributed by atoms with Crippen LogP contribution < -0.4 is 5.73 Å². The second kappa shape index (κ2) is 3.68. The van der Waals surface area contributed by atoms with Crippen LogP contribution >= 0.6 is 0 Å². The van der Waals surface area contributed by atoms with Gasteiger partial charge in [0.05, 0.1) is 0 Å². The second-order valence-corrected chi connectivity index (χ2v) is 3.02. The van der Waals surface area contributed by atoms with Crippen molar-refractivity contribution >= 4 is 5.78 Å². The van der Waals surface area contributed by atoms with Gasteiger partial charge in [0.25, 0.3) is 0 Å². The minimum absolute atomic E-state index is 0.0661. The molecule has 0 aromatic heterocycles. The van der Waals surface area contributed by atoms with Crippen molar-refractivity contribution in [1.82, 2.24) is 0 Å². The molecule has 0 aliphatic heterocycles. The highest BCUT2D eigenvalue weighted by Crippen LogP contribution is 2.25. The fourth-order valence-electron chi connectivity index (χ4n) is 1.62. The van der Waals surface area contributed by atoms with E-state index in [1.165, 1.54) is 0 Å². The van der Waals surface area contributed by atoms with Crippen molar-refractivity contribution in [2.75, 3.05) is 0 Å². The molecule has 0 fully saturated rings. The van der Waals surface area contributed by atoms with Gasteiger partial charge in [-0.2, -0.15) is 0 Å². The van der Waals surface area contributed by atoms with Crippen LogP contribution in [0.3, 0.4) is 0 Å². The van der Waals surface area contributed by atoms with Crippen LogP contribution in [0.25, 0.3) is 0 Å². The lowest BCUT2D eigenvalue weighted by Crippen LogP contribution is -2.18. The Morgan fingerprint density at radius 3 is 2.83 bits per heavy atom. The number of ketones is 1. The van der Waals surface area contributed by atoms with Crippen molar-refractivity contribution < 1.29 is 4.79 Å². The van der Waals surface area contributed by atoms with Crippen LogP contribution in [-0.2, 0) is 4.79 Å². The maximum Gasteiger partial charge on any atom is 0.161 e. The first-order chi connectivity index (χ1) is 5.70. The molecule has 66 valence electrons. The average molecular weight is 165 g/mol. The van der Waals surface area contributed by atoms with Crippen molar-refractivity contribution in [2.24, 2.45) is 5.73 Å². The molecule has 12 heavy (non-hydrogen) atoms. The van der Waals surface area contributed by atoms with Crippen LogP contribution in [0.4, 0.5) is 0 Å². The molecular formula is C10H15NO. The smallest absolute Gasteiger partial charge is 0.161 e. The Bertz CT molecular complexity index is 251. The Hall–Kier alpha value is -0.890. The van der Waals surface area contributed by atoms with Gasteiger partial charge >= 0.3 is 0 Å². The molecule has 0 saturated heterocycles. The normalized spacial score (nSPS) is 24.6. The lowest BCUT2D eigenvalue weighted by atomic mass is 10.1. The van der Waals surface area contributed by atoms with E-state index in [-0.39, 0.29) is 11.8 Å². The molecule has 0 aromatic rings. The summed E-state index contributed by atoms with van der Waals surface area (Å²) in [4.78, 5) is 11.3. The van der Waals surface area contributed by atoms with E-state index in [1.807, 2.05) is 26.0 Å². The molecule has 2 N–H and O–H groups in total. The summed E-state index contributed by atoms with van der Waals surface area (Å²) in [5.74, 6) is 0.220. The third-order valence-corrected chi connectivity index (χ3v) is 2.19. The van der Waals surface area contributed by atoms with E-state index in [0.29, 0.717) is 6.42 Å². The number of hydrogen-bond acceptors (Lipinski definition) is 2. The van der Waals surface area contributed by atoms with Gasteiger partial charge in [-0.1, -0.05) is 19.1 Å². The maximum atomic E-state index is 11.3. The molecular weight excluding hydrogens is 150 g/mol.